The first-order valence-electron chi connectivity index (χ1n) is 7.83. The number of rotatable bonds is 5. The predicted molar refractivity (Wildman–Crippen MR) is 100 cm³/mol. The molecule has 3 aromatic rings. The van der Waals surface area contributed by atoms with Crippen molar-refractivity contribution in [3.05, 3.63) is 84.4 Å². The van der Waals surface area contributed by atoms with E-state index >= 15 is 0 Å². The molecule has 24 heavy (non-hydrogen) atoms. The Labute approximate surface area is 142 Å². The third-order valence-corrected chi connectivity index (χ3v) is 3.73. The highest BCUT2D eigenvalue weighted by Gasteiger charge is 2.02. The zero-order chi connectivity index (χ0) is 16.8. The number of hydrogen-bond donors (Lipinski definition) is 1. The third-order valence-electron chi connectivity index (χ3n) is 3.73. The molecule has 0 unspecified atom stereocenters. The van der Waals surface area contributed by atoms with Gasteiger partial charge in [0.25, 0.3) is 0 Å². The van der Waals surface area contributed by atoms with Crippen LogP contribution in [0.5, 0.6) is 0 Å². The zero-order valence-electron chi connectivity index (χ0n) is 13.6. The highest BCUT2D eigenvalue weighted by Crippen LogP contribution is 2.23. The second-order valence-corrected chi connectivity index (χ2v) is 5.65. The summed E-state index contributed by atoms with van der Waals surface area (Å²) < 4.78 is 0. The monoisotopic (exact) mass is 316 g/mol. The van der Waals surface area contributed by atoms with Crippen molar-refractivity contribution in [1.82, 2.24) is 0 Å². The highest BCUT2D eigenvalue weighted by atomic mass is 15.1. The van der Waals surface area contributed by atoms with Gasteiger partial charge in [-0.25, -0.2) is 0 Å². The maximum atomic E-state index is 5.66. The van der Waals surface area contributed by atoms with Crippen LogP contribution in [-0.4, -0.2) is 7.05 Å². The first kappa shape index (κ1) is 15.7. The molecule has 3 aromatic carbocycles. The van der Waals surface area contributed by atoms with Crippen LogP contribution in [0.2, 0.25) is 0 Å². The summed E-state index contributed by atoms with van der Waals surface area (Å²) in [6, 6.07) is 25.8. The molecule has 0 aliphatic carbocycles. The number of azo groups is 1. The molecule has 0 amide bonds. The van der Waals surface area contributed by atoms with Crippen molar-refractivity contribution in [3.63, 3.8) is 0 Å². The molecule has 0 atom stereocenters. The Hall–Kier alpha value is -3.14. The molecule has 0 aliphatic heterocycles. The number of nitrogen functional groups attached to an aromatic ring is 1. The molecular formula is C20H20N4. The van der Waals surface area contributed by atoms with Crippen molar-refractivity contribution in [2.24, 2.45) is 10.2 Å². The van der Waals surface area contributed by atoms with Crippen molar-refractivity contribution < 1.29 is 0 Å². The summed E-state index contributed by atoms with van der Waals surface area (Å²) in [6.45, 7) is 0.868. The van der Waals surface area contributed by atoms with E-state index in [0.717, 1.165) is 29.3 Å². The van der Waals surface area contributed by atoms with E-state index in [1.807, 2.05) is 42.5 Å². The maximum Gasteiger partial charge on any atom is 0.0858 e. The fourth-order valence-corrected chi connectivity index (χ4v) is 2.38. The molecule has 0 radical (unpaired) electrons. The number of benzene rings is 3. The highest BCUT2D eigenvalue weighted by molar-refractivity contribution is 5.53. The van der Waals surface area contributed by atoms with Gasteiger partial charge in [0.05, 0.1) is 11.4 Å². The SMILES string of the molecule is CN(Cc1ccccc1)c1ccc(N=Nc2ccc(N)cc2)cc1. The van der Waals surface area contributed by atoms with Crippen LogP contribution in [0.15, 0.2) is 89.1 Å². The maximum absolute atomic E-state index is 5.66. The second-order valence-electron chi connectivity index (χ2n) is 5.65. The number of nitrogens with zero attached hydrogens (tertiary/aromatic N) is 3. The fraction of sp³-hybridized carbons (Fsp3) is 0.100. The van der Waals surface area contributed by atoms with Gasteiger partial charge >= 0.3 is 0 Å². The van der Waals surface area contributed by atoms with Gasteiger partial charge in [0.2, 0.25) is 0 Å². The Bertz CT molecular complexity index is 793. The van der Waals surface area contributed by atoms with Gasteiger partial charge in [0.1, 0.15) is 0 Å². The van der Waals surface area contributed by atoms with Gasteiger partial charge in [-0.2, -0.15) is 10.2 Å². The minimum Gasteiger partial charge on any atom is -0.399 e. The molecule has 2 N–H and O–H groups in total. The average molecular weight is 316 g/mol. The zero-order valence-corrected chi connectivity index (χ0v) is 13.6. The Morgan fingerprint density at radius 1 is 0.750 bits per heavy atom. The summed E-state index contributed by atoms with van der Waals surface area (Å²) in [6.07, 6.45) is 0. The second kappa shape index (κ2) is 7.42. The quantitative estimate of drug-likeness (QED) is 0.511. The topological polar surface area (TPSA) is 54.0 Å². The molecule has 0 fully saturated rings. The van der Waals surface area contributed by atoms with E-state index in [1.54, 1.807) is 0 Å². The van der Waals surface area contributed by atoms with Crippen molar-refractivity contribution in [3.8, 4) is 0 Å². The van der Waals surface area contributed by atoms with Crippen LogP contribution in [0.25, 0.3) is 0 Å². The molecule has 0 aliphatic rings. The standard InChI is InChI=1S/C20H20N4/c1-24(15-16-5-3-2-4-6-16)20-13-11-19(12-14-20)23-22-18-9-7-17(21)8-10-18/h2-14H,15,21H2,1H3. The van der Waals surface area contributed by atoms with E-state index in [4.69, 9.17) is 5.73 Å². The van der Waals surface area contributed by atoms with E-state index in [2.05, 4.69) is 58.6 Å². The Balaban J connectivity index is 1.65. The Morgan fingerprint density at radius 2 is 1.29 bits per heavy atom. The van der Waals surface area contributed by atoms with E-state index in [0.29, 0.717) is 0 Å². The molecule has 4 heteroatoms. The molecule has 0 bridgehead atoms. The lowest BCUT2D eigenvalue weighted by Crippen LogP contribution is -2.15. The number of hydrogen-bond acceptors (Lipinski definition) is 4. The lowest BCUT2D eigenvalue weighted by molar-refractivity contribution is 0.923. The number of nitrogens with two attached hydrogens (primary N) is 1. The first-order chi connectivity index (χ1) is 11.7. The molecule has 0 heterocycles. The third kappa shape index (κ3) is 4.20. The molecule has 4 nitrogen and oxygen atoms in total. The van der Waals surface area contributed by atoms with Crippen LogP contribution in [-0.2, 0) is 6.54 Å². The van der Waals surface area contributed by atoms with E-state index in [1.165, 1.54) is 5.56 Å². The van der Waals surface area contributed by atoms with Gasteiger partial charge in [-0.1, -0.05) is 30.3 Å². The average Bonchev–Trinajstić information content (AvgIpc) is 2.62. The minimum absolute atomic E-state index is 0.722. The van der Waals surface area contributed by atoms with Crippen molar-refractivity contribution in [1.29, 1.82) is 0 Å². The Morgan fingerprint density at radius 3 is 1.88 bits per heavy atom. The van der Waals surface area contributed by atoms with Gasteiger partial charge in [0.15, 0.2) is 0 Å². The Kier molecular flexibility index (Phi) is 4.87. The van der Waals surface area contributed by atoms with E-state index in [9.17, 15) is 0 Å². The van der Waals surface area contributed by atoms with E-state index < -0.39 is 0 Å². The van der Waals surface area contributed by atoms with Gasteiger partial charge in [-0.15, -0.1) is 0 Å². The molecule has 0 saturated carbocycles. The van der Waals surface area contributed by atoms with Crippen molar-refractivity contribution in [2.75, 3.05) is 17.7 Å². The molecular weight excluding hydrogens is 296 g/mol. The summed E-state index contributed by atoms with van der Waals surface area (Å²) >= 11 is 0. The van der Waals surface area contributed by atoms with Crippen molar-refractivity contribution in [2.45, 2.75) is 6.54 Å². The van der Waals surface area contributed by atoms with E-state index in [-0.39, 0.29) is 0 Å². The van der Waals surface area contributed by atoms with Crippen LogP contribution in [0.4, 0.5) is 22.7 Å². The summed E-state index contributed by atoms with van der Waals surface area (Å²) in [5.41, 5.74) is 10.4. The van der Waals surface area contributed by atoms with Crippen molar-refractivity contribution >= 4 is 22.7 Å². The summed E-state index contributed by atoms with van der Waals surface area (Å²) in [5, 5.41) is 8.47. The lowest BCUT2D eigenvalue weighted by atomic mass is 10.2. The van der Waals surface area contributed by atoms with Gasteiger partial charge in [-0.05, 0) is 54.1 Å². The minimum atomic E-state index is 0.722. The summed E-state index contributed by atoms with van der Waals surface area (Å²) in [7, 11) is 2.08. The smallest absolute Gasteiger partial charge is 0.0858 e. The molecule has 0 spiro atoms. The molecule has 120 valence electrons. The molecule has 0 aromatic heterocycles. The van der Waals surface area contributed by atoms with Gasteiger partial charge in [0, 0.05) is 25.0 Å². The van der Waals surface area contributed by atoms with Crippen LogP contribution < -0.4 is 10.6 Å². The normalized spacial score (nSPS) is 10.9. The van der Waals surface area contributed by atoms with Crippen LogP contribution in [0.3, 0.4) is 0 Å². The summed E-state index contributed by atoms with van der Waals surface area (Å²) in [5.74, 6) is 0. The lowest BCUT2D eigenvalue weighted by Gasteiger charge is -2.19. The molecule has 3 rings (SSSR count). The van der Waals surface area contributed by atoms with Gasteiger partial charge < -0.3 is 10.6 Å². The fourth-order valence-electron chi connectivity index (χ4n) is 2.38. The summed E-state index contributed by atoms with van der Waals surface area (Å²) in [4.78, 5) is 2.20. The van der Waals surface area contributed by atoms with Crippen LogP contribution >= 0.6 is 0 Å². The largest absolute Gasteiger partial charge is 0.399 e. The van der Waals surface area contributed by atoms with Gasteiger partial charge in [-0.3, -0.25) is 0 Å². The number of anilines is 2. The first-order valence-corrected chi connectivity index (χ1v) is 7.83. The predicted octanol–water partition coefficient (Wildman–Crippen LogP) is 5.32. The van der Waals surface area contributed by atoms with Crippen LogP contribution in [0, 0.1) is 0 Å². The van der Waals surface area contributed by atoms with Crippen LogP contribution in [0.1, 0.15) is 5.56 Å². The molecule has 0 saturated heterocycles.